The van der Waals surface area contributed by atoms with Gasteiger partial charge < -0.3 is 5.32 Å². The monoisotopic (exact) mass is 317 g/mol. The van der Waals surface area contributed by atoms with E-state index in [1.165, 1.54) is 0 Å². The van der Waals surface area contributed by atoms with Crippen LogP contribution in [0.1, 0.15) is 39.3 Å². The highest BCUT2D eigenvalue weighted by atomic mass is 35.5. The van der Waals surface area contributed by atoms with Gasteiger partial charge in [-0.05, 0) is 43.5 Å². The summed E-state index contributed by atoms with van der Waals surface area (Å²) in [7, 11) is 0. The molecule has 2 aromatic rings. The van der Waals surface area contributed by atoms with Crippen molar-refractivity contribution in [2.45, 2.75) is 25.8 Å². The molecule has 1 amide bonds. The van der Waals surface area contributed by atoms with Crippen molar-refractivity contribution < 1.29 is 9.59 Å². The minimum Gasteiger partial charge on any atom is -0.344 e. The Kier molecular flexibility index (Phi) is 4.24. The number of carbonyl (C=O) groups is 2. The molecule has 0 spiro atoms. The van der Waals surface area contributed by atoms with E-state index >= 15 is 0 Å². The van der Waals surface area contributed by atoms with E-state index in [1.54, 1.807) is 30.5 Å². The lowest BCUT2D eigenvalue weighted by molar-refractivity contribution is 0.0903. The molecule has 1 aliphatic heterocycles. The molecule has 1 aliphatic rings. The van der Waals surface area contributed by atoms with Crippen molar-refractivity contribution in [3.8, 4) is 0 Å². The first-order chi connectivity index (χ1) is 10.6. The number of nitrogens with zero attached hydrogens (tertiary/aromatic N) is 2. The number of aryl methyl sites for hydroxylation is 1. The Labute approximate surface area is 133 Å². The molecule has 1 aromatic heterocycles. The maximum Gasteiger partial charge on any atom is 0.255 e. The van der Waals surface area contributed by atoms with Crippen LogP contribution < -0.4 is 5.32 Å². The molecule has 3 rings (SSSR count). The highest BCUT2D eigenvalue weighted by molar-refractivity contribution is 6.30. The van der Waals surface area contributed by atoms with Crippen LogP contribution in [0, 0.1) is 0 Å². The first kappa shape index (κ1) is 14.8. The molecule has 2 heterocycles. The second-order valence-electron chi connectivity index (χ2n) is 5.30. The third-order valence-corrected chi connectivity index (χ3v) is 4.05. The second kappa shape index (κ2) is 6.32. The van der Waals surface area contributed by atoms with Gasteiger partial charge in [-0.15, -0.1) is 0 Å². The summed E-state index contributed by atoms with van der Waals surface area (Å²) in [6, 6.07) is 6.62. The molecule has 5 nitrogen and oxygen atoms in total. The smallest absolute Gasteiger partial charge is 0.255 e. The van der Waals surface area contributed by atoms with Gasteiger partial charge >= 0.3 is 0 Å². The van der Waals surface area contributed by atoms with E-state index in [0.29, 0.717) is 16.1 Å². The number of nitrogens with one attached hydrogen (secondary N) is 1. The van der Waals surface area contributed by atoms with Crippen LogP contribution in [-0.2, 0) is 13.0 Å². The van der Waals surface area contributed by atoms with Crippen LogP contribution in [0.3, 0.4) is 0 Å². The number of carbonyl (C=O) groups excluding carboxylic acids is 2. The van der Waals surface area contributed by atoms with Crippen molar-refractivity contribution in [2.24, 2.45) is 0 Å². The fourth-order valence-corrected chi connectivity index (χ4v) is 2.73. The molecule has 0 bridgehead atoms. The zero-order chi connectivity index (χ0) is 15.5. The Hall–Kier alpha value is -2.14. The van der Waals surface area contributed by atoms with Gasteiger partial charge in [-0.25, -0.2) is 0 Å². The van der Waals surface area contributed by atoms with E-state index < -0.39 is 0 Å². The molecule has 0 radical (unpaired) electrons. The molecule has 1 aromatic carbocycles. The quantitative estimate of drug-likeness (QED) is 0.881. The maximum atomic E-state index is 12.2. The number of aromatic nitrogens is 2. The summed E-state index contributed by atoms with van der Waals surface area (Å²) >= 11 is 5.79. The van der Waals surface area contributed by atoms with Gasteiger partial charge in [0.1, 0.15) is 0 Å². The van der Waals surface area contributed by atoms with Gasteiger partial charge in [0.05, 0.1) is 24.0 Å². The van der Waals surface area contributed by atoms with E-state index in [2.05, 4.69) is 10.4 Å². The lowest BCUT2D eigenvalue weighted by Crippen LogP contribution is -2.30. The predicted molar refractivity (Wildman–Crippen MR) is 83.3 cm³/mol. The van der Waals surface area contributed by atoms with Gasteiger partial charge in [-0.1, -0.05) is 11.6 Å². The average molecular weight is 318 g/mol. The summed E-state index contributed by atoms with van der Waals surface area (Å²) in [5.41, 5.74) is 2.06. The van der Waals surface area contributed by atoms with Crippen LogP contribution in [0.15, 0.2) is 30.5 Å². The molecule has 0 fully saturated rings. The lowest BCUT2D eigenvalue weighted by atomic mass is 10.1. The standard InChI is InChI=1S/C16H16ClN3O2/c17-12-6-4-11(5-7-12)15(21)10-18-16(22)13-9-19-20-8-2-1-3-14(13)20/h4-7,9H,1-3,8,10H2,(H,18,22). The Balaban J connectivity index is 1.64. The number of benzene rings is 1. The summed E-state index contributed by atoms with van der Waals surface area (Å²) in [5, 5.41) is 7.48. The van der Waals surface area contributed by atoms with Crippen molar-refractivity contribution in [3.63, 3.8) is 0 Å². The van der Waals surface area contributed by atoms with E-state index in [-0.39, 0.29) is 18.2 Å². The topological polar surface area (TPSA) is 64.0 Å². The molecule has 0 aliphatic carbocycles. The number of halogens is 1. The summed E-state index contributed by atoms with van der Waals surface area (Å²) in [6.07, 6.45) is 4.59. The minimum absolute atomic E-state index is 0.0366. The zero-order valence-corrected chi connectivity index (χ0v) is 12.8. The van der Waals surface area contributed by atoms with E-state index in [1.807, 2.05) is 4.68 Å². The largest absolute Gasteiger partial charge is 0.344 e. The van der Waals surface area contributed by atoms with Crippen LogP contribution >= 0.6 is 11.6 Å². The summed E-state index contributed by atoms with van der Waals surface area (Å²) in [6.45, 7) is 0.817. The highest BCUT2D eigenvalue weighted by Crippen LogP contribution is 2.18. The molecule has 0 atom stereocenters. The average Bonchev–Trinajstić information content (AvgIpc) is 2.97. The molecule has 1 N–H and O–H groups in total. The van der Waals surface area contributed by atoms with Crippen molar-refractivity contribution in [1.29, 1.82) is 0 Å². The minimum atomic E-state index is -0.245. The van der Waals surface area contributed by atoms with Crippen LogP contribution in [0.5, 0.6) is 0 Å². The van der Waals surface area contributed by atoms with Crippen molar-refractivity contribution in [3.05, 3.63) is 52.3 Å². The van der Waals surface area contributed by atoms with Crippen LogP contribution in [0.2, 0.25) is 5.02 Å². The SMILES string of the molecule is O=C(CNC(=O)c1cnn2c1CCCC2)c1ccc(Cl)cc1. The third kappa shape index (κ3) is 3.04. The van der Waals surface area contributed by atoms with E-state index in [0.717, 1.165) is 31.5 Å². The van der Waals surface area contributed by atoms with Crippen LogP contribution in [0.25, 0.3) is 0 Å². The fraction of sp³-hybridized carbons (Fsp3) is 0.312. The Morgan fingerprint density at radius 3 is 2.77 bits per heavy atom. The molecule has 0 unspecified atom stereocenters. The fourth-order valence-electron chi connectivity index (χ4n) is 2.60. The van der Waals surface area contributed by atoms with Gasteiger partial charge in [0.2, 0.25) is 0 Å². The molecule has 114 valence electrons. The Morgan fingerprint density at radius 1 is 1.23 bits per heavy atom. The lowest BCUT2D eigenvalue weighted by Gasteiger charge is -2.14. The highest BCUT2D eigenvalue weighted by Gasteiger charge is 2.20. The summed E-state index contributed by atoms with van der Waals surface area (Å²) < 4.78 is 1.87. The molecule has 6 heteroatoms. The van der Waals surface area contributed by atoms with Crippen LogP contribution in [0.4, 0.5) is 0 Å². The molecule has 22 heavy (non-hydrogen) atoms. The van der Waals surface area contributed by atoms with Crippen molar-refractivity contribution in [1.82, 2.24) is 15.1 Å². The Bertz CT molecular complexity index is 707. The second-order valence-corrected chi connectivity index (χ2v) is 5.73. The zero-order valence-electron chi connectivity index (χ0n) is 12.0. The number of hydrogen-bond acceptors (Lipinski definition) is 3. The molecular formula is C16H16ClN3O2. The number of Topliss-reactive ketones (excluding diaryl/α,β-unsaturated/α-hetero) is 1. The molecular weight excluding hydrogens is 302 g/mol. The number of rotatable bonds is 4. The third-order valence-electron chi connectivity index (χ3n) is 3.80. The molecule has 0 saturated carbocycles. The number of hydrogen-bond donors (Lipinski definition) is 1. The van der Waals surface area contributed by atoms with Gasteiger partial charge in [-0.3, -0.25) is 14.3 Å². The van der Waals surface area contributed by atoms with Crippen LogP contribution in [-0.4, -0.2) is 28.0 Å². The van der Waals surface area contributed by atoms with Gasteiger partial charge in [0, 0.05) is 17.1 Å². The first-order valence-electron chi connectivity index (χ1n) is 7.27. The summed E-state index contributed by atoms with van der Waals surface area (Å²) in [5.74, 6) is -0.392. The predicted octanol–water partition coefficient (Wildman–Crippen LogP) is 2.49. The van der Waals surface area contributed by atoms with E-state index in [4.69, 9.17) is 11.6 Å². The molecule has 0 saturated heterocycles. The van der Waals surface area contributed by atoms with Crippen molar-refractivity contribution >= 4 is 23.3 Å². The number of fused-ring (bicyclic) bond motifs is 1. The van der Waals surface area contributed by atoms with E-state index in [9.17, 15) is 9.59 Å². The number of ketones is 1. The first-order valence-corrected chi connectivity index (χ1v) is 7.64. The summed E-state index contributed by atoms with van der Waals surface area (Å²) in [4.78, 5) is 24.3. The number of amides is 1. The Morgan fingerprint density at radius 2 is 2.00 bits per heavy atom. The normalized spacial score (nSPS) is 13.5. The maximum absolute atomic E-state index is 12.2. The van der Waals surface area contributed by atoms with Gasteiger partial charge in [0.15, 0.2) is 5.78 Å². The van der Waals surface area contributed by atoms with Gasteiger partial charge in [-0.2, -0.15) is 5.10 Å². The van der Waals surface area contributed by atoms with Crippen molar-refractivity contribution in [2.75, 3.05) is 6.54 Å². The van der Waals surface area contributed by atoms with Gasteiger partial charge in [0.25, 0.3) is 5.91 Å².